The predicted molar refractivity (Wildman–Crippen MR) is 87.1 cm³/mol. The average Bonchev–Trinajstić information content (AvgIpc) is 2.44. The third-order valence-electron chi connectivity index (χ3n) is 3.18. The lowest BCUT2D eigenvalue weighted by Gasteiger charge is -2.20. The quantitative estimate of drug-likeness (QED) is 0.871. The number of aryl methyl sites for hydroxylation is 1. The van der Waals surface area contributed by atoms with Crippen molar-refractivity contribution in [3.8, 4) is 5.75 Å². The monoisotopic (exact) mass is 304 g/mol. The first-order chi connectivity index (χ1) is 10.1. The Balaban J connectivity index is 2.40. The fourth-order valence-electron chi connectivity index (χ4n) is 2.40. The fourth-order valence-corrected chi connectivity index (χ4v) is 2.70. The number of rotatable bonds is 6. The summed E-state index contributed by atoms with van der Waals surface area (Å²) in [7, 11) is 0. The molecular weight excluding hydrogens is 284 g/mol. The van der Waals surface area contributed by atoms with Crippen LogP contribution in [-0.2, 0) is 0 Å². The van der Waals surface area contributed by atoms with Crippen molar-refractivity contribution in [3.05, 3.63) is 58.4 Å². The molecule has 1 unspecified atom stereocenters. The molecule has 1 aromatic heterocycles. The van der Waals surface area contributed by atoms with Gasteiger partial charge in [-0.1, -0.05) is 24.6 Å². The highest BCUT2D eigenvalue weighted by Gasteiger charge is 2.15. The molecule has 21 heavy (non-hydrogen) atoms. The van der Waals surface area contributed by atoms with Crippen molar-refractivity contribution in [2.24, 2.45) is 0 Å². The molecule has 1 aromatic carbocycles. The van der Waals surface area contributed by atoms with Crippen LogP contribution in [0.25, 0.3) is 0 Å². The van der Waals surface area contributed by atoms with Crippen molar-refractivity contribution in [2.45, 2.75) is 26.8 Å². The fraction of sp³-hybridized carbons (Fsp3) is 0.353. The summed E-state index contributed by atoms with van der Waals surface area (Å²) < 4.78 is 5.54. The van der Waals surface area contributed by atoms with E-state index in [9.17, 15) is 0 Å². The van der Waals surface area contributed by atoms with Crippen LogP contribution < -0.4 is 10.1 Å². The maximum atomic E-state index is 6.19. The van der Waals surface area contributed by atoms with Gasteiger partial charge in [0.05, 0.1) is 18.8 Å². The van der Waals surface area contributed by atoms with E-state index in [1.165, 1.54) is 0 Å². The lowest BCUT2D eigenvalue weighted by Crippen LogP contribution is -2.22. The van der Waals surface area contributed by atoms with E-state index in [4.69, 9.17) is 16.3 Å². The number of nitrogens with one attached hydrogen (secondary N) is 1. The second kappa shape index (κ2) is 7.43. The van der Waals surface area contributed by atoms with Crippen LogP contribution in [0.5, 0.6) is 5.75 Å². The molecule has 0 aliphatic heterocycles. The Morgan fingerprint density at radius 3 is 2.62 bits per heavy atom. The Kier molecular flexibility index (Phi) is 5.59. The number of ether oxygens (including phenoxy) is 1. The summed E-state index contributed by atoms with van der Waals surface area (Å²) in [6.07, 6.45) is 3.60. The normalized spacial score (nSPS) is 12.2. The van der Waals surface area contributed by atoms with E-state index >= 15 is 0 Å². The van der Waals surface area contributed by atoms with Crippen LogP contribution >= 0.6 is 11.6 Å². The van der Waals surface area contributed by atoms with Crippen molar-refractivity contribution in [2.75, 3.05) is 13.2 Å². The minimum atomic E-state index is 0.0558. The van der Waals surface area contributed by atoms with Crippen LogP contribution in [-0.4, -0.2) is 18.1 Å². The van der Waals surface area contributed by atoms with Crippen molar-refractivity contribution in [3.63, 3.8) is 0 Å². The van der Waals surface area contributed by atoms with E-state index < -0.39 is 0 Å². The van der Waals surface area contributed by atoms with Crippen molar-refractivity contribution < 1.29 is 4.74 Å². The zero-order valence-electron chi connectivity index (χ0n) is 12.7. The number of hydrogen-bond acceptors (Lipinski definition) is 3. The van der Waals surface area contributed by atoms with Gasteiger partial charge in [0.2, 0.25) is 0 Å². The molecule has 2 aromatic rings. The van der Waals surface area contributed by atoms with Crippen LogP contribution in [0.15, 0.2) is 36.7 Å². The van der Waals surface area contributed by atoms with Gasteiger partial charge in [0.1, 0.15) is 5.75 Å². The second-order valence-corrected chi connectivity index (χ2v) is 5.38. The summed E-state index contributed by atoms with van der Waals surface area (Å²) in [5.41, 5.74) is 3.36. The summed E-state index contributed by atoms with van der Waals surface area (Å²) >= 11 is 6.19. The maximum absolute atomic E-state index is 6.19. The molecule has 3 nitrogen and oxygen atoms in total. The van der Waals surface area contributed by atoms with Crippen LogP contribution in [0.1, 0.15) is 36.6 Å². The van der Waals surface area contributed by atoms with Crippen molar-refractivity contribution in [1.82, 2.24) is 10.3 Å². The molecule has 0 aliphatic rings. The molecule has 2 rings (SSSR count). The van der Waals surface area contributed by atoms with Crippen molar-refractivity contribution in [1.29, 1.82) is 0 Å². The first-order valence-corrected chi connectivity index (χ1v) is 7.60. The molecule has 1 heterocycles. The number of benzene rings is 1. The minimum Gasteiger partial charge on any atom is -0.492 e. The lowest BCUT2D eigenvalue weighted by atomic mass is 9.98. The zero-order chi connectivity index (χ0) is 15.2. The zero-order valence-corrected chi connectivity index (χ0v) is 13.4. The maximum Gasteiger partial charge on any atom is 0.137 e. The van der Waals surface area contributed by atoms with Gasteiger partial charge < -0.3 is 10.1 Å². The second-order valence-electron chi connectivity index (χ2n) is 4.94. The first kappa shape index (κ1) is 15.8. The summed E-state index contributed by atoms with van der Waals surface area (Å²) in [5.74, 6) is 0.789. The van der Waals surface area contributed by atoms with Gasteiger partial charge in [-0.2, -0.15) is 0 Å². The molecule has 0 bridgehead atoms. The van der Waals surface area contributed by atoms with Crippen molar-refractivity contribution >= 4 is 11.6 Å². The Morgan fingerprint density at radius 1 is 1.14 bits per heavy atom. The summed E-state index contributed by atoms with van der Waals surface area (Å²) in [6, 6.07) is 8.19. The topological polar surface area (TPSA) is 34.2 Å². The Hall–Kier alpha value is -1.58. The third kappa shape index (κ3) is 4.19. The number of halogens is 1. The van der Waals surface area contributed by atoms with Crippen LogP contribution in [0.4, 0.5) is 0 Å². The molecule has 1 N–H and O–H groups in total. The molecule has 0 saturated heterocycles. The molecular formula is C17H21ClN2O. The Morgan fingerprint density at radius 2 is 1.95 bits per heavy atom. The van der Waals surface area contributed by atoms with Gasteiger partial charge in [0, 0.05) is 11.2 Å². The molecule has 0 spiro atoms. The lowest BCUT2D eigenvalue weighted by molar-refractivity contribution is 0.338. The summed E-state index contributed by atoms with van der Waals surface area (Å²) in [4.78, 5) is 4.28. The van der Waals surface area contributed by atoms with Gasteiger partial charge in [-0.15, -0.1) is 0 Å². The van der Waals surface area contributed by atoms with Gasteiger partial charge in [-0.05, 0) is 55.3 Å². The minimum absolute atomic E-state index is 0.0558. The van der Waals surface area contributed by atoms with E-state index in [1.54, 1.807) is 6.20 Å². The first-order valence-electron chi connectivity index (χ1n) is 7.22. The van der Waals surface area contributed by atoms with Gasteiger partial charge >= 0.3 is 0 Å². The number of hydrogen-bond donors (Lipinski definition) is 1. The molecule has 0 saturated carbocycles. The van der Waals surface area contributed by atoms with Crippen LogP contribution in [0, 0.1) is 6.92 Å². The predicted octanol–water partition coefficient (Wildman–Crippen LogP) is 4.14. The highest BCUT2D eigenvalue weighted by atomic mass is 35.5. The van der Waals surface area contributed by atoms with E-state index in [1.807, 2.05) is 38.2 Å². The highest BCUT2D eigenvalue weighted by Crippen LogP contribution is 2.27. The average molecular weight is 305 g/mol. The standard InChI is InChI=1S/C17H21ClN2O/c1-4-20-17(13-6-12(3)7-15(18)8-13)14-9-16(21-5-2)11-19-10-14/h6-11,17,20H,4-5H2,1-3H3. The smallest absolute Gasteiger partial charge is 0.137 e. The van der Waals surface area contributed by atoms with Crippen LogP contribution in [0.2, 0.25) is 5.02 Å². The highest BCUT2D eigenvalue weighted by molar-refractivity contribution is 6.30. The molecule has 0 radical (unpaired) electrons. The number of aromatic nitrogens is 1. The molecule has 0 amide bonds. The van der Waals surface area contributed by atoms with Gasteiger partial charge in [-0.25, -0.2) is 0 Å². The Bertz CT molecular complexity index is 581. The van der Waals surface area contributed by atoms with E-state index in [-0.39, 0.29) is 6.04 Å². The van der Waals surface area contributed by atoms with E-state index in [2.05, 4.69) is 23.3 Å². The summed E-state index contributed by atoms with van der Waals surface area (Å²) in [5, 5.41) is 4.24. The molecule has 1 atom stereocenters. The largest absolute Gasteiger partial charge is 0.492 e. The number of nitrogens with zero attached hydrogens (tertiary/aromatic N) is 1. The van der Waals surface area contributed by atoms with Gasteiger partial charge in [-0.3, -0.25) is 4.98 Å². The summed E-state index contributed by atoms with van der Waals surface area (Å²) in [6.45, 7) is 7.59. The van der Waals surface area contributed by atoms with Gasteiger partial charge in [0.15, 0.2) is 0 Å². The SMILES string of the molecule is CCNC(c1cc(C)cc(Cl)c1)c1cncc(OCC)c1. The molecule has 0 aliphatic carbocycles. The van der Waals surface area contributed by atoms with Gasteiger partial charge in [0.25, 0.3) is 0 Å². The van der Waals surface area contributed by atoms with Crippen LogP contribution in [0.3, 0.4) is 0 Å². The Labute approximate surface area is 131 Å². The molecule has 4 heteroatoms. The molecule has 112 valence electrons. The van der Waals surface area contributed by atoms with E-state index in [0.29, 0.717) is 6.61 Å². The van der Waals surface area contributed by atoms with E-state index in [0.717, 1.165) is 34.0 Å². The molecule has 0 fully saturated rings. The third-order valence-corrected chi connectivity index (χ3v) is 3.40. The number of pyridine rings is 1.